The van der Waals surface area contributed by atoms with Crippen LogP contribution in [0.2, 0.25) is 0 Å². The van der Waals surface area contributed by atoms with E-state index in [1.807, 2.05) is 0 Å². The second-order valence-electron chi connectivity index (χ2n) is 6.46. The van der Waals surface area contributed by atoms with Crippen molar-refractivity contribution >= 4 is 11.8 Å². The molecule has 1 unspecified atom stereocenters. The molecule has 1 N–H and O–H groups in total. The van der Waals surface area contributed by atoms with E-state index in [-0.39, 0.29) is 0 Å². The molecule has 2 rings (SSSR count). The van der Waals surface area contributed by atoms with Crippen LogP contribution in [0.3, 0.4) is 0 Å². The number of nitrogens with one attached hydrogen (secondary N) is 1. The summed E-state index contributed by atoms with van der Waals surface area (Å²) in [7, 11) is 2.22. The molecule has 18 heavy (non-hydrogen) atoms. The van der Waals surface area contributed by atoms with Crippen LogP contribution >= 0.6 is 11.8 Å². The standard InChI is InChI=1S/C14H29N3S/c1-14(2,17-7-5-16(3)6-8-17)12-15-10-13-4-9-18-11-13/h13,15H,4-12H2,1-3H3. The van der Waals surface area contributed by atoms with Crippen molar-refractivity contribution in [2.75, 3.05) is 57.8 Å². The fourth-order valence-corrected chi connectivity index (χ4v) is 4.13. The molecule has 0 aromatic carbocycles. The number of hydrogen-bond acceptors (Lipinski definition) is 4. The van der Waals surface area contributed by atoms with Gasteiger partial charge in [-0.1, -0.05) is 0 Å². The predicted octanol–water partition coefficient (Wildman–Crippen LogP) is 1.36. The molecule has 0 saturated carbocycles. The lowest BCUT2D eigenvalue weighted by Crippen LogP contribution is -2.57. The summed E-state index contributed by atoms with van der Waals surface area (Å²) < 4.78 is 0. The monoisotopic (exact) mass is 271 g/mol. The van der Waals surface area contributed by atoms with E-state index in [9.17, 15) is 0 Å². The zero-order valence-corrected chi connectivity index (χ0v) is 13.1. The van der Waals surface area contributed by atoms with Gasteiger partial charge in [-0.3, -0.25) is 4.90 Å². The van der Waals surface area contributed by atoms with Crippen molar-refractivity contribution in [2.45, 2.75) is 25.8 Å². The molecular formula is C14H29N3S. The van der Waals surface area contributed by atoms with E-state index in [0.717, 1.165) is 12.5 Å². The Bertz CT molecular complexity index is 243. The number of nitrogens with zero attached hydrogens (tertiary/aromatic N) is 2. The second kappa shape index (κ2) is 6.60. The number of rotatable bonds is 5. The van der Waals surface area contributed by atoms with Gasteiger partial charge in [0, 0.05) is 38.3 Å². The maximum Gasteiger partial charge on any atom is 0.0278 e. The van der Waals surface area contributed by atoms with Crippen LogP contribution in [0.25, 0.3) is 0 Å². The Kier molecular flexibility index (Phi) is 5.36. The van der Waals surface area contributed by atoms with Crippen LogP contribution in [0.4, 0.5) is 0 Å². The van der Waals surface area contributed by atoms with Gasteiger partial charge in [0.1, 0.15) is 0 Å². The van der Waals surface area contributed by atoms with Gasteiger partial charge in [-0.05, 0) is 51.3 Å². The summed E-state index contributed by atoms with van der Waals surface area (Å²) in [5, 5.41) is 3.71. The Morgan fingerprint density at radius 1 is 1.22 bits per heavy atom. The van der Waals surface area contributed by atoms with Crippen molar-refractivity contribution in [3.8, 4) is 0 Å². The molecule has 0 spiro atoms. The van der Waals surface area contributed by atoms with Gasteiger partial charge in [0.2, 0.25) is 0 Å². The Balaban J connectivity index is 1.69. The lowest BCUT2D eigenvalue weighted by molar-refractivity contribution is 0.0616. The highest BCUT2D eigenvalue weighted by Gasteiger charge is 2.29. The number of likely N-dealkylation sites (N-methyl/N-ethyl adjacent to an activating group) is 1. The third kappa shape index (κ3) is 4.12. The van der Waals surface area contributed by atoms with Crippen LogP contribution in [0.1, 0.15) is 20.3 Å². The van der Waals surface area contributed by atoms with Crippen molar-refractivity contribution in [3.63, 3.8) is 0 Å². The number of piperazine rings is 1. The Morgan fingerprint density at radius 2 is 1.94 bits per heavy atom. The third-order valence-corrected chi connectivity index (χ3v) is 5.61. The maximum absolute atomic E-state index is 3.71. The van der Waals surface area contributed by atoms with Crippen molar-refractivity contribution < 1.29 is 0 Å². The minimum Gasteiger partial charge on any atom is -0.315 e. The second-order valence-corrected chi connectivity index (χ2v) is 7.61. The molecule has 0 bridgehead atoms. The van der Waals surface area contributed by atoms with Gasteiger partial charge in [0.15, 0.2) is 0 Å². The lowest BCUT2D eigenvalue weighted by Gasteiger charge is -2.43. The molecule has 2 aliphatic rings. The van der Waals surface area contributed by atoms with Gasteiger partial charge in [-0.2, -0.15) is 11.8 Å². The van der Waals surface area contributed by atoms with Gasteiger partial charge in [0.25, 0.3) is 0 Å². The van der Waals surface area contributed by atoms with Crippen molar-refractivity contribution in [1.29, 1.82) is 0 Å². The highest BCUT2D eigenvalue weighted by atomic mass is 32.2. The van der Waals surface area contributed by atoms with E-state index < -0.39 is 0 Å². The van der Waals surface area contributed by atoms with E-state index in [0.29, 0.717) is 5.54 Å². The molecule has 0 aliphatic carbocycles. The maximum atomic E-state index is 3.71. The molecule has 3 nitrogen and oxygen atoms in total. The minimum absolute atomic E-state index is 0.299. The van der Waals surface area contributed by atoms with E-state index >= 15 is 0 Å². The Labute approximate surface area is 117 Å². The average Bonchev–Trinajstić information content (AvgIpc) is 2.82. The van der Waals surface area contributed by atoms with Crippen LogP contribution < -0.4 is 5.32 Å². The summed E-state index contributed by atoms with van der Waals surface area (Å²) >= 11 is 2.11. The molecule has 4 heteroatoms. The molecular weight excluding hydrogens is 242 g/mol. The summed E-state index contributed by atoms with van der Waals surface area (Å²) in [5.74, 6) is 3.65. The molecule has 106 valence electrons. The van der Waals surface area contributed by atoms with Crippen molar-refractivity contribution in [2.24, 2.45) is 5.92 Å². The molecule has 0 radical (unpaired) electrons. The summed E-state index contributed by atoms with van der Waals surface area (Å²) in [6.45, 7) is 12.0. The van der Waals surface area contributed by atoms with Crippen LogP contribution in [0, 0.1) is 5.92 Å². The van der Waals surface area contributed by atoms with Crippen LogP contribution in [0.15, 0.2) is 0 Å². The summed E-state index contributed by atoms with van der Waals surface area (Å²) in [5.41, 5.74) is 0.299. The molecule has 2 saturated heterocycles. The number of hydrogen-bond donors (Lipinski definition) is 1. The van der Waals surface area contributed by atoms with Crippen LogP contribution in [0.5, 0.6) is 0 Å². The van der Waals surface area contributed by atoms with Crippen LogP contribution in [-0.2, 0) is 0 Å². The molecule has 2 aliphatic heterocycles. The van der Waals surface area contributed by atoms with Gasteiger partial charge in [-0.15, -0.1) is 0 Å². The van der Waals surface area contributed by atoms with Gasteiger partial charge < -0.3 is 10.2 Å². The first-order valence-electron chi connectivity index (χ1n) is 7.30. The summed E-state index contributed by atoms with van der Waals surface area (Å²) in [6, 6.07) is 0. The number of thioether (sulfide) groups is 1. The van der Waals surface area contributed by atoms with E-state index in [2.05, 4.69) is 47.8 Å². The lowest BCUT2D eigenvalue weighted by atomic mass is 10.0. The van der Waals surface area contributed by atoms with Gasteiger partial charge >= 0.3 is 0 Å². The first kappa shape index (κ1) is 14.6. The van der Waals surface area contributed by atoms with E-state index in [1.165, 1.54) is 50.7 Å². The first-order valence-corrected chi connectivity index (χ1v) is 8.45. The summed E-state index contributed by atoms with van der Waals surface area (Å²) in [6.07, 6.45) is 1.41. The average molecular weight is 271 g/mol. The topological polar surface area (TPSA) is 18.5 Å². The largest absolute Gasteiger partial charge is 0.315 e. The van der Waals surface area contributed by atoms with Crippen molar-refractivity contribution in [1.82, 2.24) is 15.1 Å². The van der Waals surface area contributed by atoms with Gasteiger partial charge in [0.05, 0.1) is 0 Å². The van der Waals surface area contributed by atoms with Crippen LogP contribution in [-0.4, -0.2) is 73.2 Å². The molecule has 0 aromatic heterocycles. The smallest absolute Gasteiger partial charge is 0.0278 e. The van der Waals surface area contributed by atoms with Crippen molar-refractivity contribution in [3.05, 3.63) is 0 Å². The molecule has 0 aromatic rings. The quantitative estimate of drug-likeness (QED) is 0.813. The Morgan fingerprint density at radius 3 is 2.56 bits per heavy atom. The fourth-order valence-electron chi connectivity index (χ4n) is 2.85. The highest BCUT2D eigenvalue weighted by molar-refractivity contribution is 7.99. The normalized spacial score (nSPS) is 27.8. The third-order valence-electron chi connectivity index (χ3n) is 4.37. The summed E-state index contributed by atoms with van der Waals surface area (Å²) in [4.78, 5) is 5.07. The van der Waals surface area contributed by atoms with E-state index in [1.54, 1.807) is 0 Å². The predicted molar refractivity (Wildman–Crippen MR) is 81.5 cm³/mol. The minimum atomic E-state index is 0.299. The molecule has 1 atom stereocenters. The zero-order valence-electron chi connectivity index (χ0n) is 12.2. The zero-order chi connectivity index (χ0) is 13.0. The molecule has 0 amide bonds. The molecule has 2 heterocycles. The SMILES string of the molecule is CN1CCN(C(C)(C)CNCC2CCSC2)CC1. The highest BCUT2D eigenvalue weighted by Crippen LogP contribution is 2.23. The fraction of sp³-hybridized carbons (Fsp3) is 1.00. The van der Waals surface area contributed by atoms with E-state index in [4.69, 9.17) is 0 Å². The molecule has 2 fully saturated rings. The van der Waals surface area contributed by atoms with Gasteiger partial charge in [-0.25, -0.2) is 0 Å². The first-order chi connectivity index (χ1) is 8.58. The Hall–Kier alpha value is 0.230.